The third-order valence-electron chi connectivity index (χ3n) is 1.33. The van der Waals surface area contributed by atoms with Crippen LogP contribution in [-0.2, 0) is 0 Å². The van der Waals surface area contributed by atoms with E-state index in [-0.39, 0.29) is 0 Å². The first-order chi connectivity index (χ1) is 5.58. The minimum Gasteiger partial charge on any atom is -0.465 e. The van der Waals surface area contributed by atoms with Gasteiger partial charge in [-0.3, -0.25) is 5.32 Å². The molecule has 64 valence electrons. The molecule has 1 amide bonds. The predicted octanol–water partition coefficient (Wildman–Crippen LogP) is 1.79. The first-order valence-electron chi connectivity index (χ1n) is 3.53. The zero-order valence-electron chi connectivity index (χ0n) is 6.96. The molecule has 2 N–H and O–H groups in total. The zero-order valence-corrected chi connectivity index (χ0v) is 6.96. The fourth-order valence-corrected chi connectivity index (χ4v) is 1.01. The second kappa shape index (κ2) is 3.21. The van der Waals surface area contributed by atoms with Crippen molar-refractivity contribution in [2.75, 3.05) is 5.32 Å². The Hall–Kier alpha value is -1.58. The van der Waals surface area contributed by atoms with Crippen molar-refractivity contribution in [2.24, 2.45) is 0 Å². The van der Waals surface area contributed by atoms with Gasteiger partial charge in [-0.1, -0.05) is 0 Å². The summed E-state index contributed by atoms with van der Waals surface area (Å²) in [5.41, 5.74) is 1.80. The predicted molar refractivity (Wildman–Crippen MR) is 45.4 cm³/mol. The number of nitrogens with zero attached hydrogens (tertiary/aromatic N) is 1. The summed E-state index contributed by atoms with van der Waals surface area (Å²) in [4.78, 5) is 14.2. The Balaban J connectivity index is 2.93. The number of nitrogens with one attached hydrogen (secondary N) is 1. The Morgan fingerprint density at radius 1 is 1.50 bits per heavy atom. The summed E-state index contributed by atoms with van der Waals surface area (Å²) in [5.74, 6) is 0.375. The molecule has 0 unspecified atom stereocenters. The fraction of sp³-hybridized carbons (Fsp3) is 0.250. The molecule has 1 heterocycles. The number of carbonyl (C=O) groups is 1. The molecule has 0 saturated carbocycles. The van der Waals surface area contributed by atoms with Crippen molar-refractivity contribution in [3.8, 4) is 0 Å². The van der Waals surface area contributed by atoms with Gasteiger partial charge in [-0.25, -0.2) is 9.78 Å². The van der Waals surface area contributed by atoms with E-state index < -0.39 is 6.09 Å². The molecule has 0 radical (unpaired) electrons. The summed E-state index contributed by atoms with van der Waals surface area (Å²) in [5, 5.41) is 10.6. The SMILES string of the molecule is Cc1cc(C)nc(NC(=O)O)c1. The number of carboxylic acid groups (broad SMARTS) is 1. The van der Waals surface area contributed by atoms with E-state index >= 15 is 0 Å². The van der Waals surface area contributed by atoms with Crippen LogP contribution >= 0.6 is 0 Å². The van der Waals surface area contributed by atoms with E-state index in [2.05, 4.69) is 10.3 Å². The maximum absolute atomic E-state index is 10.2. The zero-order chi connectivity index (χ0) is 9.14. The number of hydrogen-bond acceptors (Lipinski definition) is 2. The van der Waals surface area contributed by atoms with Crippen molar-refractivity contribution in [3.05, 3.63) is 23.4 Å². The molecule has 0 aromatic carbocycles. The van der Waals surface area contributed by atoms with Crippen LogP contribution in [0.4, 0.5) is 10.6 Å². The van der Waals surface area contributed by atoms with Gasteiger partial charge in [0.15, 0.2) is 0 Å². The average molecular weight is 166 g/mol. The molecular formula is C8H10N2O2. The van der Waals surface area contributed by atoms with E-state index in [0.29, 0.717) is 5.82 Å². The molecule has 0 bridgehead atoms. The van der Waals surface area contributed by atoms with E-state index in [1.165, 1.54) is 0 Å². The van der Waals surface area contributed by atoms with E-state index in [0.717, 1.165) is 11.3 Å². The van der Waals surface area contributed by atoms with Crippen LogP contribution in [0.25, 0.3) is 0 Å². The van der Waals surface area contributed by atoms with Gasteiger partial charge >= 0.3 is 6.09 Å². The van der Waals surface area contributed by atoms with Gasteiger partial charge in [0.1, 0.15) is 5.82 Å². The van der Waals surface area contributed by atoms with E-state index in [1.807, 2.05) is 19.9 Å². The molecule has 1 aromatic heterocycles. The molecule has 0 aliphatic heterocycles. The number of rotatable bonds is 1. The highest BCUT2D eigenvalue weighted by atomic mass is 16.4. The van der Waals surface area contributed by atoms with Gasteiger partial charge < -0.3 is 5.11 Å². The van der Waals surface area contributed by atoms with Gasteiger partial charge in [0.25, 0.3) is 0 Å². The van der Waals surface area contributed by atoms with Gasteiger partial charge in [0.2, 0.25) is 0 Å². The van der Waals surface area contributed by atoms with Crippen LogP contribution < -0.4 is 5.32 Å². The lowest BCUT2D eigenvalue weighted by Gasteiger charge is -2.02. The van der Waals surface area contributed by atoms with Crippen molar-refractivity contribution < 1.29 is 9.90 Å². The standard InChI is InChI=1S/C8H10N2O2/c1-5-3-6(2)9-7(4-5)10-8(11)12/h3-4H,1-2H3,(H,9,10)(H,11,12). The molecule has 1 aromatic rings. The first kappa shape index (κ1) is 8.52. The smallest absolute Gasteiger partial charge is 0.410 e. The molecule has 0 saturated heterocycles. The van der Waals surface area contributed by atoms with Gasteiger partial charge in [-0.15, -0.1) is 0 Å². The van der Waals surface area contributed by atoms with Crippen molar-refractivity contribution >= 4 is 11.9 Å². The van der Waals surface area contributed by atoms with Crippen LogP contribution in [-0.4, -0.2) is 16.2 Å². The molecule has 0 atom stereocenters. The summed E-state index contributed by atoms with van der Waals surface area (Å²) in [6, 6.07) is 3.56. The first-order valence-corrected chi connectivity index (χ1v) is 3.53. The minimum atomic E-state index is -1.09. The third kappa shape index (κ3) is 2.23. The Morgan fingerprint density at radius 3 is 2.67 bits per heavy atom. The largest absolute Gasteiger partial charge is 0.465 e. The highest BCUT2D eigenvalue weighted by molar-refractivity contribution is 5.81. The van der Waals surface area contributed by atoms with Crippen LogP contribution in [0.3, 0.4) is 0 Å². The highest BCUT2D eigenvalue weighted by Crippen LogP contribution is 2.08. The van der Waals surface area contributed by atoms with E-state index in [4.69, 9.17) is 5.11 Å². The highest BCUT2D eigenvalue weighted by Gasteiger charge is 1.99. The Kier molecular flexibility index (Phi) is 2.28. The van der Waals surface area contributed by atoms with Crippen LogP contribution in [0.5, 0.6) is 0 Å². The summed E-state index contributed by atoms with van der Waals surface area (Å²) < 4.78 is 0. The van der Waals surface area contributed by atoms with E-state index in [1.54, 1.807) is 6.07 Å². The van der Waals surface area contributed by atoms with Crippen LogP contribution in [0, 0.1) is 13.8 Å². The van der Waals surface area contributed by atoms with Gasteiger partial charge in [0, 0.05) is 5.69 Å². The van der Waals surface area contributed by atoms with Crippen molar-refractivity contribution in [2.45, 2.75) is 13.8 Å². The number of pyridine rings is 1. The Labute approximate surface area is 70.3 Å². The molecule has 0 aliphatic carbocycles. The van der Waals surface area contributed by atoms with Gasteiger partial charge in [-0.2, -0.15) is 0 Å². The molecule has 4 heteroatoms. The van der Waals surface area contributed by atoms with Gasteiger partial charge in [0.05, 0.1) is 0 Å². The fourth-order valence-electron chi connectivity index (χ4n) is 1.01. The topological polar surface area (TPSA) is 62.2 Å². The second-order valence-electron chi connectivity index (χ2n) is 2.60. The summed E-state index contributed by atoms with van der Waals surface area (Å²) in [6.07, 6.45) is -1.09. The quantitative estimate of drug-likeness (QED) is 0.668. The molecule has 1 rings (SSSR count). The Morgan fingerprint density at radius 2 is 2.17 bits per heavy atom. The molecular weight excluding hydrogens is 156 g/mol. The number of anilines is 1. The van der Waals surface area contributed by atoms with Crippen molar-refractivity contribution in [1.29, 1.82) is 0 Å². The number of aromatic nitrogens is 1. The monoisotopic (exact) mass is 166 g/mol. The number of amides is 1. The van der Waals surface area contributed by atoms with Crippen LogP contribution in [0.1, 0.15) is 11.3 Å². The molecule has 12 heavy (non-hydrogen) atoms. The average Bonchev–Trinajstić information content (AvgIpc) is 1.81. The second-order valence-corrected chi connectivity index (χ2v) is 2.60. The molecule has 0 fully saturated rings. The lowest BCUT2D eigenvalue weighted by Crippen LogP contribution is -2.09. The summed E-state index contributed by atoms with van der Waals surface area (Å²) >= 11 is 0. The summed E-state index contributed by atoms with van der Waals surface area (Å²) in [6.45, 7) is 3.71. The van der Waals surface area contributed by atoms with E-state index in [9.17, 15) is 4.79 Å². The molecule has 0 spiro atoms. The maximum atomic E-state index is 10.2. The van der Waals surface area contributed by atoms with Gasteiger partial charge in [-0.05, 0) is 31.5 Å². The molecule has 4 nitrogen and oxygen atoms in total. The lowest BCUT2D eigenvalue weighted by atomic mass is 10.2. The van der Waals surface area contributed by atoms with Crippen molar-refractivity contribution in [1.82, 2.24) is 4.98 Å². The van der Waals surface area contributed by atoms with Crippen LogP contribution in [0.15, 0.2) is 12.1 Å². The minimum absolute atomic E-state index is 0.375. The lowest BCUT2D eigenvalue weighted by molar-refractivity contribution is 0.209. The molecule has 0 aliphatic rings. The normalized spacial score (nSPS) is 9.50. The van der Waals surface area contributed by atoms with Crippen LogP contribution in [0.2, 0.25) is 0 Å². The summed E-state index contributed by atoms with van der Waals surface area (Å²) in [7, 11) is 0. The maximum Gasteiger partial charge on any atom is 0.410 e. The Bertz CT molecular complexity index is 290. The third-order valence-corrected chi connectivity index (χ3v) is 1.33. The number of hydrogen-bond donors (Lipinski definition) is 2. The van der Waals surface area contributed by atoms with Crippen molar-refractivity contribution in [3.63, 3.8) is 0 Å². The number of aryl methyl sites for hydroxylation is 2.